The predicted molar refractivity (Wildman–Crippen MR) is 89.1 cm³/mol. The van der Waals surface area contributed by atoms with Crippen LogP contribution in [0.2, 0.25) is 0 Å². The molecule has 3 aromatic rings. The number of carbonyl (C=O) groups excluding carboxylic acids is 1. The van der Waals surface area contributed by atoms with Crippen molar-refractivity contribution in [2.45, 2.75) is 13.5 Å². The Balaban J connectivity index is 2.08. The highest BCUT2D eigenvalue weighted by Gasteiger charge is 2.22. The number of amides is 1. The minimum absolute atomic E-state index is 0.114. The zero-order chi connectivity index (χ0) is 16.8. The third kappa shape index (κ3) is 2.08. The molecule has 2 aromatic carbocycles. The van der Waals surface area contributed by atoms with Gasteiger partial charge in [0.1, 0.15) is 11.5 Å². The zero-order valence-electron chi connectivity index (χ0n) is 13.1. The smallest absolute Gasteiger partial charge is 0.268 e. The molecule has 24 heavy (non-hydrogen) atoms. The van der Waals surface area contributed by atoms with E-state index in [4.69, 9.17) is 0 Å². The molecule has 0 unspecified atom stereocenters. The number of hydrogen-bond acceptors (Lipinski definition) is 2. The second-order valence-corrected chi connectivity index (χ2v) is 5.97. The number of rotatable bonds is 1. The molecule has 1 aromatic heterocycles. The number of carbonyl (C=O) groups is 1. The molecule has 4 rings (SSSR count). The van der Waals surface area contributed by atoms with Crippen LogP contribution in [0.15, 0.2) is 36.4 Å². The first-order valence-electron chi connectivity index (χ1n) is 7.70. The molecule has 0 fully saturated rings. The van der Waals surface area contributed by atoms with E-state index in [-0.39, 0.29) is 11.7 Å². The SMILES string of the molecule is Cc1cc(-c2cc(C#N)cc3cc4n(c23)CCNC4=O)ccc1F. The van der Waals surface area contributed by atoms with Gasteiger partial charge in [-0.1, -0.05) is 6.07 Å². The third-order valence-electron chi connectivity index (χ3n) is 4.44. The lowest BCUT2D eigenvalue weighted by Gasteiger charge is -2.18. The Hall–Kier alpha value is -3.13. The van der Waals surface area contributed by atoms with E-state index in [1.807, 2.05) is 10.6 Å². The van der Waals surface area contributed by atoms with E-state index in [0.29, 0.717) is 29.9 Å². The first-order valence-corrected chi connectivity index (χ1v) is 7.70. The van der Waals surface area contributed by atoms with Crippen molar-refractivity contribution >= 4 is 16.8 Å². The highest BCUT2D eigenvalue weighted by atomic mass is 19.1. The summed E-state index contributed by atoms with van der Waals surface area (Å²) in [7, 11) is 0. The van der Waals surface area contributed by atoms with Gasteiger partial charge in [0, 0.05) is 24.0 Å². The summed E-state index contributed by atoms with van der Waals surface area (Å²) in [4.78, 5) is 12.1. The molecule has 0 aliphatic carbocycles. The first kappa shape index (κ1) is 14.5. The van der Waals surface area contributed by atoms with Crippen molar-refractivity contribution in [3.63, 3.8) is 0 Å². The summed E-state index contributed by atoms with van der Waals surface area (Å²) in [6.45, 7) is 2.95. The maximum atomic E-state index is 13.6. The van der Waals surface area contributed by atoms with E-state index in [1.54, 1.807) is 31.2 Å². The number of nitrogens with one attached hydrogen (secondary N) is 1. The summed E-state index contributed by atoms with van der Waals surface area (Å²) in [6, 6.07) is 12.5. The van der Waals surface area contributed by atoms with Gasteiger partial charge in [0.2, 0.25) is 0 Å². The molecule has 2 heterocycles. The van der Waals surface area contributed by atoms with Gasteiger partial charge in [0.25, 0.3) is 5.91 Å². The highest BCUT2D eigenvalue weighted by Crippen LogP contribution is 2.34. The molecule has 0 saturated carbocycles. The average Bonchev–Trinajstić information content (AvgIpc) is 2.96. The lowest BCUT2D eigenvalue weighted by Crippen LogP contribution is -2.34. The Morgan fingerprint density at radius 3 is 2.83 bits per heavy atom. The molecular weight excluding hydrogens is 305 g/mol. The molecule has 5 heteroatoms. The summed E-state index contributed by atoms with van der Waals surface area (Å²) in [6.07, 6.45) is 0. The van der Waals surface area contributed by atoms with Gasteiger partial charge in [-0.25, -0.2) is 4.39 Å². The van der Waals surface area contributed by atoms with Gasteiger partial charge in [-0.3, -0.25) is 4.79 Å². The largest absolute Gasteiger partial charge is 0.349 e. The van der Waals surface area contributed by atoms with Crippen molar-refractivity contribution in [2.24, 2.45) is 0 Å². The number of nitriles is 1. The molecule has 1 aliphatic heterocycles. The highest BCUT2D eigenvalue weighted by molar-refractivity contribution is 6.04. The summed E-state index contributed by atoms with van der Waals surface area (Å²) in [5.74, 6) is -0.375. The van der Waals surface area contributed by atoms with Crippen LogP contribution < -0.4 is 5.32 Å². The van der Waals surface area contributed by atoms with Gasteiger partial charge in [0.15, 0.2) is 0 Å². The van der Waals surface area contributed by atoms with E-state index < -0.39 is 0 Å². The minimum atomic E-state index is -0.261. The predicted octanol–water partition coefficient (Wildman–Crippen LogP) is 3.37. The van der Waals surface area contributed by atoms with Crippen LogP contribution >= 0.6 is 0 Å². The summed E-state index contributed by atoms with van der Waals surface area (Å²) in [5.41, 5.74) is 4.24. The number of aromatic nitrogens is 1. The Kier molecular flexibility index (Phi) is 3.14. The second-order valence-electron chi connectivity index (χ2n) is 5.97. The number of benzene rings is 2. The maximum absolute atomic E-state index is 13.6. The molecule has 0 radical (unpaired) electrons. The number of hydrogen-bond donors (Lipinski definition) is 1. The molecule has 0 bridgehead atoms. The van der Waals surface area contributed by atoms with E-state index in [2.05, 4.69) is 11.4 Å². The number of fused-ring (bicyclic) bond motifs is 3. The molecular formula is C19H14FN3O. The third-order valence-corrected chi connectivity index (χ3v) is 4.44. The zero-order valence-corrected chi connectivity index (χ0v) is 13.1. The Morgan fingerprint density at radius 1 is 1.25 bits per heavy atom. The van der Waals surface area contributed by atoms with Crippen LogP contribution in [-0.2, 0) is 6.54 Å². The molecule has 0 atom stereocenters. The molecule has 1 amide bonds. The van der Waals surface area contributed by atoms with Crippen LogP contribution in [-0.4, -0.2) is 17.0 Å². The number of halogens is 1. The quantitative estimate of drug-likeness (QED) is 0.747. The van der Waals surface area contributed by atoms with Gasteiger partial charge < -0.3 is 9.88 Å². The van der Waals surface area contributed by atoms with Crippen LogP contribution in [0.4, 0.5) is 4.39 Å². The molecule has 118 valence electrons. The number of aryl methyl sites for hydroxylation is 1. The van der Waals surface area contributed by atoms with Gasteiger partial charge in [0.05, 0.1) is 17.1 Å². The molecule has 0 saturated heterocycles. The van der Waals surface area contributed by atoms with Crippen LogP contribution in [0, 0.1) is 24.1 Å². The average molecular weight is 319 g/mol. The van der Waals surface area contributed by atoms with Crippen molar-refractivity contribution in [2.75, 3.05) is 6.54 Å². The van der Waals surface area contributed by atoms with Crippen molar-refractivity contribution in [3.8, 4) is 17.2 Å². The molecule has 4 nitrogen and oxygen atoms in total. The monoisotopic (exact) mass is 319 g/mol. The van der Waals surface area contributed by atoms with E-state index in [9.17, 15) is 14.4 Å². The first-order chi connectivity index (χ1) is 11.6. The summed E-state index contributed by atoms with van der Waals surface area (Å²) >= 11 is 0. The van der Waals surface area contributed by atoms with E-state index in [0.717, 1.165) is 22.0 Å². The topological polar surface area (TPSA) is 57.8 Å². The minimum Gasteiger partial charge on any atom is -0.349 e. The second kappa shape index (κ2) is 5.20. The maximum Gasteiger partial charge on any atom is 0.268 e. The fourth-order valence-electron chi connectivity index (χ4n) is 3.30. The van der Waals surface area contributed by atoms with Crippen LogP contribution in [0.1, 0.15) is 21.6 Å². The lowest BCUT2D eigenvalue weighted by atomic mass is 9.98. The van der Waals surface area contributed by atoms with Gasteiger partial charge in [-0.05, 0) is 48.4 Å². The Labute approximate surface area is 138 Å². The fourth-order valence-corrected chi connectivity index (χ4v) is 3.30. The fraction of sp³-hybridized carbons (Fsp3) is 0.158. The molecule has 0 spiro atoms. The van der Waals surface area contributed by atoms with Crippen LogP contribution in [0.3, 0.4) is 0 Å². The molecule has 1 aliphatic rings. The van der Waals surface area contributed by atoms with E-state index in [1.165, 1.54) is 6.07 Å². The van der Waals surface area contributed by atoms with Crippen LogP contribution in [0.5, 0.6) is 0 Å². The van der Waals surface area contributed by atoms with Gasteiger partial charge in [-0.2, -0.15) is 5.26 Å². The van der Waals surface area contributed by atoms with Crippen molar-refractivity contribution in [3.05, 3.63) is 59.0 Å². The Bertz CT molecular complexity index is 1040. The van der Waals surface area contributed by atoms with E-state index >= 15 is 0 Å². The van der Waals surface area contributed by atoms with Crippen LogP contribution in [0.25, 0.3) is 22.0 Å². The van der Waals surface area contributed by atoms with Crippen molar-refractivity contribution in [1.82, 2.24) is 9.88 Å². The van der Waals surface area contributed by atoms with Gasteiger partial charge in [-0.15, -0.1) is 0 Å². The van der Waals surface area contributed by atoms with Crippen molar-refractivity contribution < 1.29 is 9.18 Å². The number of nitrogens with zero attached hydrogens (tertiary/aromatic N) is 2. The molecule has 1 N–H and O–H groups in total. The lowest BCUT2D eigenvalue weighted by molar-refractivity contribution is 0.0929. The normalized spacial score (nSPS) is 13.5. The standard InChI is InChI=1S/C19H14FN3O/c1-11-6-13(2-3-16(11)20)15-8-12(10-21)7-14-9-17-19(24)22-4-5-23(17)18(14)15/h2-3,6-9H,4-5H2,1H3,(H,22,24). The Morgan fingerprint density at radius 2 is 2.08 bits per heavy atom. The summed E-state index contributed by atoms with van der Waals surface area (Å²) in [5, 5.41) is 13.0. The van der Waals surface area contributed by atoms with Crippen molar-refractivity contribution in [1.29, 1.82) is 5.26 Å². The summed E-state index contributed by atoms with van der Waals surface area (Å²) < 4.78 is 15.6. The van der Waals surface area contributed by atoms with Gasteiger partial charge >= 0.3 is 0 Å².